The number of aryl methyl sites for hydroxylation is 1. The first-order chi connectivity index (χ1) is 19.3. The van der Waals surface area contributed by atoms with E-state index in [9.17, 15) is 9.59 Å². The summed E-state index contributed by atoms with van der Waals surface area (Å²) in [5, 5.41) is 2.05. The Bertz CT molecular complexity index is 1610. The lowest BCUT2D eigenvalue weighted by Gasteiger charge is -2.17. The third-order valence-electron chi connectivity index (χ3n) is 6.75. The van der Waals surface area contributed by atoms with Gasteiger partial charge in [-0.05, 0) is 97.8 Å². The first kappa shape index (κ1) is 28.0. The Morgan fingerprint density at radius 3 is 2.52 bits per heavy atom. The Hall–Kier alpha value is -3.55. The second-order valence-electron chi connectivity index (χ2n) is 9.99. The molecule has 1 heterocycles. The van der Waals surface area contributed by atoms with Crippen molar-refractivity contribution >= 4 is 55.7 Å². The zero-order valence-electron chi connectivity index (χ0n) is 22.6. The summed E-state index contributed by atoms with van der Waals surface area (Å²) in [7, 11) is 0. The van der Waals surface area contributed by atoms with Crippen LogP contribution in [0.4, 0.5) is 4.79 Å². The Labute approximate surface area is 247 Å². The van der Waals surface area contributed by atoms with Crippen LogP contribution in [-0.4, -0.2) is 29.2 Å². The largest absolute Gasteiger partial charge is 0.491 e. The summed E-state index contributed by atoms with van der Waals surface area (Å²) in [6.07, 6.45) is 1.74. The van der Waals surface area contributed by atoms with E-state index in [1.165, 1.54) is 10.3 Å². The van der Waals surface area contributed by atoms with E-state index in [0.29, 0.717) is 23.2 Å². The minimum atomic E-state index is -0.306. The number of imide groups is 1. The van der Waals surface area contributed by atoms with E-state index in [-0.39, 0.29) is 24.3 Å². The maximum Gasteiger partial charge on any atom is 0.293 e. The van der Waals surface area contributed by atoms with Gasteiger partial charge >= 0.3 is 0 Å². The van der Waals surface area contributed by atoms with Gasteiger partial charge in [-0.1, -0.05) is 74.5 Å². The second-order valence-corrected chi connectivity index (χ2v) is 11.8. The molecule has 0 atom stereocenters. The molecule has 0 bridgehead atoms. The molecule has 1 saturated heterocycles. The molecule has 204 valence electrons. The second kappa shape index (κ2) is 12.3. The van der Waals surface area contributed by atoms with Crippen molar-refractivity contribution in [3.05, 3.63) is 110 Å². The van der Waals surface area contributed by atoms with Crippen LogP contribution >= 0.6 is 27.7 Å². The quantitative estimate of drug-likeness (QED) is 0.176. The highest BCUT2D eigenvalue weighted by molar-refractivity contribution is 9.10. The maximum atomic E-state index is 13.0. The normalized spacial score (nSPS) is 14.5. The molecule has 7 heteroatoms. The third kappa shape index (κ3) is 6.26. The van der Waals surface area contributed by atoms with E-state index >= 15 is 0 Å². The summed E-state index contributed by atoms with van der Waals surface area (Å²) >= 11 is 4.54. The van der Waals surface area contributed by atoms with Crippen LogP contribution in [0.2, 0.25) is 0 Å². The fourth-order valence-corrected chi connectivity index (χ4v) is 6.01. The zero-order valence-corrected chi connectivity index (χ0v) is 25.1. The van der Waals surface area contributed by atoms with Crippen LogP contribution in [0.3, 0.4) is 0 Å². The predicted molar refractivity (Wildman–Crippen MR) is 166 cm³/mol. The van der Waals surface area contributed by atoms with Gasteiger partial charge in [-0.15, -0.1) is 0 Å². The number of nitrogens with zero attached hydrogens (tertiary/aromatic N) is 1. The monoisotopic (exact) mass is 615 g/mol. The van der Waals surface area contributed by atoms with Gasteiger partial charge in [-0.3, -0.25) is 14.5 Å². The molecule has 0 N–H and O–H groups in total. The fourth-order valence-electron chi connectivity index (χ4n) is 4.63. The van der Waals surface area contributed by atoms with Gasteiger partial charge in [0.1, 0.15) is 24.7 Å². The van der Waals surface area contributed by atoms with Gasteiger partial charge in [0.15, 0.2) is 0 Å². The lowest BCUT2D eigenvalue weighted by Crippen LogP contribution is -2.32. The highest BCUT2D eigenvalue weighted by Crippen LogP contribution is 2.34. The van der Waals surface area contributed by atoms with E-state index in [4.69, 9.17) is 9.47 Å². The third-order valence-corrected chi connectivity index (χ3v) is 8.28. The number of amides is 2. The van der Waals surface area contributed by atoms with E-state index in [0.717, 1.165) is 49.6 Å². The predicted octanol–water partition coefficient (Wildman–Crippen LogP) is 8.73. The van der Waals surface area contributed by atoms with E-state index in [1.807, 2.05) is 49.4 Å². The molecule has 40 heavy (non-hydrogen) atoms. The number of carbonyl (C=O) groups excluding carboxylic acids is 2. The summed E-state index contributed by atoms with van der Waals surface area (Å²) in [6.45, 7) is 7.10. The number of benzene rings is 4. The summed E-state index contributed by atoms with van der Waals surface area (Å²) in [5.41, 5.74) is 4.11. The number of ether oxygens (including phenoxy) is 2. The van der Waals surface area contributed by atoms with E-state index in [2.05, 4.69) is 66.2 Å². The highest BCUT2D eigenvalue weighted by atomic mass is 79.9. The van der Waals surface area contributed by atoms with Gasteiger partial charge in [0.25, 0.3) is 11.1 Å². The van der Waals surface area contributed by atoms with Crippen LogP contribution < -0.4 is 9.47 Å². The molecule has 0 unspecified atom stereocenters. The molecule has 5 rings (SSSR count). The molecule has 0 radical (unpaired) electrons. The summed E-state index contributed by atoms with van der Waals surface area (Å²) < 4.78 is 12.9. The summed E-state index contributed by atoms with van der Waals surface area (Å²) in [5.74, 6) is 1.50. The van der Waals surface area contributed by atoms with Gasteiger partial charge < -0.3 is 9.47 Å². The smallest absolute Gasteiger partial charge is 0.293 e. The molecule has 4 aromatic carbocycles. The molecular formula is C33H30BrNO4S. The average Bonchev–Trinajstić information content (AvgIpc) is 3.19. The minimum Gasteiger partial charge on any atom is -0.491 e. The van der Waals surface area contributed by atoms with Crippen molar-refractivity contribution in [2.24, 2.45) is 0 Å². The summed E-state index contributed by atoms with van der Waals surface area (Å²) in [4.78, 5) is 27.3. The summed E-state index contributed by atoms with van der Waals surface area (Å²) in [6, 6.07) is 26.2. The number of rotatable bonds is 9. The zero-order chi connectivity index (χ0) is 28.2. The molecule has 0 aromatic heterocycles. The number of hydrogen-bond acceptors (Lipinski definition) is 5. The first-order valence-corrected chi connectivity index (χ1v) is 14.8. The lowest BCUT2D eigenvalue weighted by molar-refractivity contribution is -0.123. The van der Waals surface area contributed by atoms with Crippen LogP contribution in [0, 0.1) is 6.92 Å². The Balaban J connectivity index is 1.22. The highest BCUT2D eigenvalue weighted by Gasteiger charge is 2.34. The van der Waals surface area contributed by atoms with Gasteiger partial charge in [0.2, 0.25) is 0 Å². The average molecular weight is 617 g/mol. The van der Waals surface area contributed by atoms with Crippen LogP contribution in [0.15, 0.2) is 88.2 Å². The van der Waals surface area contributed by atoms with E-state index in [1.54, 1.807) is 6.08 Å². The van der Waals surface area contributed by atoms with E-state index < -0.39 is 0 Å². The number of halogens is 1. The molecule has 4 aromatic rings. The van der Waals surface area contributed by atoms with Crippen molar-refractivity contribution in [1.82, 2.24) is 4.90 Å². The minimum absolute atomic E-state index is 0.193. The van der Waals surface area contributed by atoms with Crippen LogP contribution in [0.25, 0.3) is 16.8 Å². The van der Waals surface area contributed by atoms with Crippen molar-refractivity contribution in [1.29, 1.82) is 0 Å². The topological polar surface area (TPSA) is 55.8 Å². The van der Waals surface area contributed by atoms with Gasteiger partial charge in [0, 0.05) is 0 Å². The van der Waals surface area contributed by atoms with Crippen molar-refractivity contribution in [3.8, 4) is 11.5 Å². The fraction of sp³-hybridized carbons (Fsp3) is 0.212. The van der Waals surface area contributed by atoms with Crippen molar-refractivity contribution in [3.63, 3.8) is 0 Å². The van der Waals surface area contributed by atoms with Crippen LogP contribution in [0.1, 0.15) is 42.0 Å². The van der Waals surface area contributed by atoms with Crippen molar-refractivity contribution < 1.29 is 19.1 Å². The molecule has 0 aliphatic carbocycles. The van der Waals surface area contributed by atoms with Crippen molar-refractivity contribution in [2.75, 3.05) is 13.2 Å². The van der Waals surface area contributed by atoms with Gasteiger partial charge in [0.05, 0.1) is 15.9 Å². The number of carbonyl (C=O) groups is 2. The molecule has 0 saturated carbocycles. The molecule has 1 aliphatic rings. The molecular weight excluding hydrogens is 586 g/mol. The van der Waals surface area contributed by atoms with Crippen LogP contribution in [0.5, 0.6) is 11.5 Å². The lowest BCUT2D eigenvalue weighted by atomic mass is 10.0. The Morgan fingerprint density at radius 2 is 1.73 bits per heavy atom. The van der Waals surface area contributed by atoms with Crippen LogP contribution in [-0.2, 0) is 11.4 Å². The molecule has 5 nitrogen and oxygen atoms in total. The Kier molecular flexibility index (Phi) is 8.62. The molecule has 2 amide bonds. The first-order valence-electron chi connectivity index (χ1n) is 13.2. The molecule has 0 spiro atoms. The number of fused-ring (bicyclic) bond motifs is 1. The number of hydrogen-bond donors (Lipinski definition) is 0. The van der Waals surface area contributed by atoms with Gasteiger partial charge in [-0.25, -0.2) is 0 Å². The van der Waals surface area contributed by atoms with Crippen molar-refractivity contribution in [2.45, 2.75) is 33.3 Å². The molecule has 1 fully saturated rings. The SMILES string of the molecule is Cc1ccc(C(C)C)c(OCCN2C(=O)S/C(=C\c3ccc(OCc4cccc5ccccc45)c(Br)c3)C2=O)c1. The van der Waals surface area contributed by atoms with Gasteiger partial charge in [-0.2, -0.15) is 0 Å². The maximum absolute atomic E-state index is 13.0. The standard InChI is InChI=1S/C33H30BrNO4S/c1-21(2)26-13-11-22(3)17-30(26)38-16-15-35-32(36)31(40-33(35)37)19-23-12-14-29(28(34)18-23)39-20-25-9-6-8-24-7-4-5-10-27(24)25/h4-14,17-19,21H,15-16,20H2,1-3H3/b31-19-. The Morgan fingerprint density at radius 1 is 0.925 bits per heavy atom. The molecule has 1 aliphatic heterocycles. The number of thioether (sulfide) groups is 1.